The number of aromatic nitrogens is 3. The molecular formula is C64H46N4. The van der Waals surface area contributed by atoms with Crippen molar-refractivity contribution >= 4 is 43.6 Å². The summed E-state index contributed by atoms with van der Waals surface area (Å²) in [5, 5.41) is 15.3. The topological polar surface area (TPSA) is 46.5 Å². The lowest BCUT2D eigenvalue weighted by Gasteiger charge is -2.17. The van der Waals surface area contributed by atoms with Crippen molar-refractivity contribution in [1.29, 1.82) is 5.26 Å². The van der Waals surface area contributed by atoms with Crippen molar-refractivity contribution < 1.29 is 0 Å². The van der Waals surface area contributed by atoms with Crippen LogP contribution < -0.4 is 0 Å². The van der Waals surface area contributed by atoms with E-state index in [-0.39, 0.29) is 0 Å². The molecule has 0 unspecified atom stereocenters. The first-order valence-corrected chi connectivity index (χ1v) is 23.3. The quantitative estimate of drug-likeness (QED) is 0.160. The third kappa shape index (κ3) is 6.63. The van der Waals surface area contributed by atoms with Crippen LogP contribution in [0.3, 0.4) is 0 Å². The van der Waals surface area contributed by atoms with Gasteiger partial charge in [-0.25, -0.2) is 4.98 Å². The van der Waals surface area contributed by atoms with Crippen LogP contribution in [-0.2, 0) is 0 Å². The van der Waals surface area contributed by atoms with Gasteiger partial charge in [0.15, 0.2) is 0 Å². The van der Waals surface area contributed by atoms with Crippen molar-refractivity contribution in [2.75, 3.05) is 0 Å². The number of hydrogen-bond acceptors (Lipinski definition) is 2. The fraction of sp³-hybridized carbons (Fsp3) is 0.0625. The molecule has 0 spiro atoms. The standard InChI is InChI=1S/C64H46N4/c1-40-15-5-10-20-49(40)44-25-29-59-54(33-44)55-34-45(50-21-11-6-16-41(50)2)26-30-60(55)67(59)63-39-66-64(37-58(63)53-24-14-9-19-48(53)38-65)68-61-31-27-46(51-22-12-7-17-42(51)3)35-56(61)57-36-47(28-32-62(57)68)52-23-13-8-18-43(52)4/h5-37,39H,1-4H3. The van der Waals surface area contributed by atoms with Gasteiger partial charge in [0, 0.05) is 32.7 Å². The number of rotatable bonds is 7. The minimum absolute atomic E-state index is 0.600. The maximum atomic E-state index is 10.7. The van der Waals surface area contributed by atoms with E-state index in [4.69, 9.17) is 4.98 Å². The number of hydrogen-bond donors (Lipinski definition) is 0. The number of nitrogens with zero attached hydrogens (tertiary/aromatic N) is 4. The minimum atomic E-state index is 0.600. The fourth-order valence-electron chi connectivity index (χ4n) is 10.6. The van der Waals surface area contributed by atoms with Gasteiger partial charge in [-0.2, -0.15) is 5.26 Å². The summed E-state index contributed by atoms with van der Waals surface area (Å²) in [4.78, 5) is 5.43. The monoisotopic (exact) mass is 870 g/mol. The fourth-order valence-corrected chi connectivity index (χ4v) is 10.6. The van der Waals surface area contributed by atoms with E-state index in [1.165, 1.54) is 66.8 Å². The number of benzene rings is 9. The Morgan fingerprint density at radius 3 is 1.06 bits per heavy atom. The summed E-state index contributed by atoms with van der Waals surface area (Å²) in [5.74, 6) is 0.772. The largest absolute Gasteiger partial charge is 0.307 e. The van der Waals surface area contributed by atoms with Crippen molar-refractivity contribution in [2.24, 2.45) is 0 Å². The lowest BCUT2D eigenvalue weighted by atomic mass is 9.97. The molecule has 68 heavy (non-hydrogen) atoms. The van der Waals surface area contributed by atoms with E-state index in [9.17, 15) is 5.26 Å². The second-order valence-electron chi connectivity index (χ2n) is 18.1. The van der Waals surface area contributed by atoms with Crippen LogP contribution in [0.2, 0.25) is 0 Å². The Hall–Kier alpha value is -8.78. The van der Waals surface area contributed by atoms with Gasteiger partial charge in [-0.15, -0.1) is 0 Å². The van der Waals surface area contributed by atoms with E-state index in [2.05, 4.69) is 225 Å². The molecule has 0 radical (unpaired) electrons. The second kappa shape index (κ2) is 16.3. The maximum absolute atomic E-state index is 10.7. The highest BCUT2D eigenvalue weighted by Crippen LogP contribution is 2.43. The number of aryl methyl sites for hydroxylation is 4. The average Bonchev–Trinajstić information content (AvgIpc) is 3.88. The van der Waals surface area contributed by atoms with Crippen LogP contribution in [0.25, 0.3) is 111 Å². The Kier molecular flexibility index (Phi) is 9.74. The molecular weight excluding hydrogens is 825 g/mol. The first-order chi connectivity index (χ1) is 33.3. The molecule has 3 heterocycles. The number of pyridine rings is 1. The summed E-state index contributed by atoms with van der Waals surface area (Å²) >= 11 is 0. The van der Waals surface area contributed by atoms with Gasteiger partial charge in [0.1, 0.15) is 5.82 Å². The van der Waals surface area contributed by atoms with E-state index < -0.39 is 0 Å². The highest BCUT2D eigenvalue weighted by Gasteiger charge is 2.23. The van der Waals surface area contributed by atoms with Gasteiger partial charge in [-0.3, -0.25) is 4.57 Å². The summed E-state index contributed by atoms with van der Waals surface area (Å²) in [6, 6.07) is 74.3. The molecule has 4 nitrogen and oxygen atoms in total. The van der Waals surface area contributed by atoms with Gasteiger partial charge < -0.3 is 4.57 Å². The lowest BCUT2D eigenvalue weighted by molar-refractivity contribution is 1.06. The molecule has 3 aromatic heterocycles. The van der Waals surface area contributed by atoms with Crippen LogP contribution in [0.15, 0.2) is 206 Å². The van der Waals surface area contributed by atoms with Crippen molar-refractivity contribution in [1.82, 2.24) is 14.1 Å². The Bertz CT molecular complexity index is 3840. The van der Waals surface area contributed by atoms with E-state index in [1.54, 1.807) is 0 Å². The van der Waals surface area contributed by atoms with E-state index >= 15 is 0 Å². The van der Waals surface area contributed by atoms with Gasteiger partial charge in [0.2, 0.25) is 0 Å². The molecule has 0 N–H and O–H groups in total. The Morgan fingerprint density at radius 2 is 0.691 bits per heavy atom. The van der Waals surface area contributed by atoms with Crippen LogP contribution in [0.4, 0.5) is 0 Å². The zero-order chi connectivity index (χ0) is 46.0. The molecule has 0 saturated heterocycles. The van der Waals surface area contributed by atoms with Crippen molar-refractivity contribution in [3.8, 4) is 73.2 Å². The highest BCUT2D eigenvalue weighted by atomic mass is 15.1. The number of nitriles is 1. The molecule has 0 atom stereocenters. The van der Waals surface area contributed by atoms with Crippen LogP contribution in [0.1, 0.15) is 27.8 Å². The predicted octanol–water partition coefficient (Wildman–Crippen LogP) is 16.7. The van der Waals surface area contributed by atoms with Crippen molar-refractivity contribution in [2.45, 2.75) is 27.7 Å². The third-order valence-electron chi connectivity index (χ3n) is 14.0. The molecule has 0 aliphatic carbocycles. The summed E-state index contributed by atoms with van der Waals surface area (Å²) in [5.41, 5.74) is 22.0. The van der Waals surface area contributed by atoms with E-state index in [0.717, 1.165) is 66.2 Å². The molecule has 0 aliphatic rings. The summed E-state index contributed by atoms with van der Waals surface area (Å²) in [6.45, 7) is 8.70. The first kappa shape index (κ1) is 40.7. The Labute approximate surface area is 396 Å². The molecule has 4 heteroatoms. The molecule has 0 saturated carbocycles. The van der Waals surface area contributed by atoms with Crippen molar-refractivity contribution in [3.63, 3.8) is 0 Å². The summed E-state index contributed by atoms with van der Waals surface area (Å²) in [6.07, 6.45) is 2.02. The molecule has 12 aromatic rings. The molecule has 322 valence electrons. The van der Waals surface area contributed by atoms with Crippen molar-refractivity contribution in [3.05, 3.63) is 234 Å². The summed E-state index contributed by atoms with van der Waals surface area (Å²) in [7, 11) is 0. The van der Waals surface area contributed by atoms with Crippen LogP contribution >= 0.6 is 0 Å². The Balaban J connectivity index is 1.14. The van der Waals surface area contributed by atoms with E-state index in [1.807, 2.05) is 24.4 Å². The summed E-state index contributed by atoms with van der Waals surface area (Å²) < 4.78 is 4.65. The lowest BCUT2D eigenvalue weighted by Crippen LogP contribution is -2.04. The predicted molar refractivity (Wildman–Crippen MR) is 284 cm³/mol. The third-order valence-corrected chi connectivity index (χ3v) is 14.0. The maximum Gasteiger partial charge on any atom is 0.138 e. The highest BCUT2D eigenvalue weighted by molar-refractivity contribution is 6.13. The SMILES string of the molecule is Cc1ccccc1-c1ccc2c(c1)c1cc(-c3ccccc3C)ccc1n2-c1cc(-c2ccccc2C#N)c(-n2c3ccc(-c4ccccc4C)cc3c3cc(-c4ccccc4C)ccc32)cn1. The van der Waals surface area contributed by atoms with Gasteiger partial charge in [0.05, 0.1) is 45.6 Å². The zero-order valence-corrected chi connectivity index (χ0v) is 38.4. The van der Waals surface area contributed by atoms with E-state index in [0.29, 0.717) is 5.56 Å². The number of fused-ring (bicyclic) bond motifs is 6. The van der Waals surface area contributed by atoms with Gasteiger partial charge in [-0.05, 0) is 155 Å². The Morgan fingerprint density at radius 1 is 0.353 bits per heavy atom. The molecule has 9 aromatic carbocycles. The molecule has 0 aliphatic heterocycles. The molecule has 0 bridgehead atoms. The smallest absolute Gasteiger partial charge is 0.138 e. The molecule has 12 rings (SSSR count). The second-order valence-corrected chi connectivity index (χ2v) is 18.1. The zero-order valence-electron chi connectivity index (χ0n) is 38.4. The first-order valence-electron chi connectivity index (χ1n) is 23.3. The van der Waals surface area contributed by atoms with Crippen LogP contribution in [0.5, 0.6) is 0 Å². The van der Waals surface area contributed by atoms with Crippen LogP contribution in [-0.4, -0.2) is 14.1 Å². The van der Waals surface area contributed by atoms with Crippen LogP contribution in [0, 0.1) is 39.0 Å². The van der Waals surface area contributed by atoms with Gasteiger partial charge >= 0.3 is 0 Å². The minimum Gasteiger partial charge on any atom is -0.307 e. The van der Waals surface area contributed by atoms with Gasteiger partial charge in [-0.1, -0.05) is 140 Å². The normalized spacial score (nSPS) is 11.5. The molecule has 0 amide bonds. The molecule has 0 fully saturated rings. The average molecular weight is 871 g/mol. The van der Waals surface area contributed by atoms with Gasteiger partial charge in [0.25, 0.3) is 0 Å².